The van der Waals surface area contributed by atoms with Gasteiger partial charge in [-0.05, 0) is 50.5 Å². The summed E-state index contributed by atoms with van der Waals surface area (Å²) in [6.45, 7) is 3.46. The number of rotatable bonds is 5. The highest BCUT2D eigenvalue weighted by atomic mass is 16.5. The van der Waals surface area contributed by atoms with E-state index in [1.54, 1.807) is 48.2 Å². The zero-order valence-electron chi connectivity index (χ0n) is 15.8. The molecule has 1 amide bonds. The van der Waals surface area contributed by atoms with Gasteiger partial charge in [-0.25, -0.2) is 4.79 Å². The van der Waals surface area contributed by atoms with Crippen LogP contribution in [0.15, 0.2) is 46.4 Å². The molecule has 28 heavy (non-hydrogen) atoms. The Bertz CT molecular complexity index is 913. The fraction of sp³-hybridized carbons (Fsp3) is 0.318. The maximum atomic E-state index is 12.5. The van der Waals surface area contributed by atoms with Crippen LogP contribution in [0.1, 0.15) is 42.3 Å². The number of benzene rings is 1. The number of amides is 1. The lowest BCUT2D eigenvalue weighted by molar-refractivity contribution is -0.127. The first-order valence-electron chi connectivity index (χ1n) is 9.41. The second-order valence-electron chi connectivity index (χ2n) is 6.52. The molecule has 3 rings (SSSR count). The number of likely N-dealkylation sites (tertiary alicyclic amines) is 1. The van der Waals surface area contributed by atoms with Crippen molar-refractivity contribution in [1.29, 1.82) is 5.26 Å². The molecule has 2 aromatic rings. The maximum absolute atomic E-state index is 12.5. The van der Waals surface area contributed by atoms with Crippen molar-refractivity contribution >= 4 is 18.0 Å². The van der Waals surface area contributed by atoms with Crippen LogP contribution < -0.4 is 0 Å². The molecular weight excluding hydrogens is 356 g/mol. The molecule has 1 aliphatic heterocycles. The molecular formula is C22H22N2O4. The lowest BCUT2D eigenvalue weighted by Crippen LogP contribution is -2.36. The molecule has 1 aromatic carbocycles. The van der Waals surface area contributed by atoms with Gasteiger partial charge in [0.2, 0.25) is 0 Å². The third-order valence-electron chi connectivity index (χ3n) is 4.59. The minimum absolute atomic E-state index is 0.0699. The van der Waals surface area contributed by atoms with E-state index in [0.29, 0.717) is 36.8 Å². The fourth-order valence-corrected chi connectivity index (χ4v) is 3.12. The zero-order chi connectivity index (χ0) is 19.9. The second kappa shape index (κ2) is 9.05. The van der Waals surface area contributed by atoms with Crippen LogP contribution in [-0.4, -0.2) is 36.5 Å². The van der Waals surface area contributed by atoms with E-state index >= 15 is 0 Å². The highest BCUT2D eigenvalue weighted by Gasteiger charge is 2.20. The summed E-state index contributed by atoms with van der Waals surface area (Å²) in [6.07, 6.45) is 4.54. The summed E-state index contributed by atoms with van der Waals surface area (Å²) in [5, 5.41) is 9.39. The van der Waals surface area contributed by atoms with Crippen molar-refractivity contribution in [3.8, 4) is 17.4 Å². The normalized spacial score (nSPS) is 14.4. The van der Waals surface area contributed by atoms with E-state index in [0.717, 1.165) is 24.8 Å². The molecule has 1 saturated heterocycles. The van der Waals surface area contributed by atoms with Crippen molar-refractivity contribution in [2.45, 2.75) is 26.2 Å². The molecule has 0 spiro atoms. The minimum Gasteiger partial charge on any atom is -0.462 e. The summed E-state index contributed by atoms with van der Waals surface area (Å²) in [4.78, 5) is 26.0. The topological polar surface area (TPSA) is 83.5 Å². The number of furan rings is 1. The molecule has 1 fully saturated rings. The van der Waals surface area contributed by atoms with Gasteiger partial charge in [-0.2, -0.15) is 5.26 Å². The first-order valence-corrected chi connectivity index (χ1v) is 9.41. The highest BCUT2D eigenvalue weighted by molar-refractivity contribution is 6.01. The number of hydrogen-bond acceptors (Lipinski definition) is 5. The average molecular weight is 378 g/mol. The van der Waals surface area contributed by atoms with Crippen molar-refractivity contribution < 1.29 is 18.7 Å². The van der Waals surface area contributed by atoms with E-state index in [1.165, 1.54) is 6.08 Å². The summed E-state index contributed by atoms with van der Waals surface area (Å²) < 4.78 is 10.7. The zero-order valence-corrected chi connectivity index (χ0v) is 15.8. The molecule has 0 atom stereocenters. The van der Waals surface area contributed by atoms with Gasteiger partial charge in [0.05, 0.1) is 12.2 Å². The summed E-state index contributed by atoms with van der Waals surface area (Å²) >= 11 is 0. The molecule has 0 aliphatic carbocycles. The van der Waals surface area contributed by atoms with Crippen LogP contribution in [0.3, 0.4) is 0 Å². The van der Waals surface area contributed by atoms with Gasteiger partial charge in [0.15, 0.2) is 0 Å². The Hall–Kier alpha value is -3.33. The summed E-state index contributed by atoms with van der Waals surface area (Å²) in [5.41, 5.74) is 1.32. The summed E-state index contributed by atoms with van der Waals surface area (Å²) in [5.74, 6) is 0.404. The lowest BCUT2D eigenvalue weighted by atomic mass is 10.1. The third-order valence-corrected chi connectivity index (χ3v) is 4.59. The van der Waals surface area contributed by atoms with E-state index in [2.05, 4.69) is 0 Å². The van der Waals surface area contributed by atoms with Crippen molar-refractivity contribution in [3.63, 3.8) is 0 Å². The van der Waals surface area contributed by atoms with Crippen LogP contribution in [0.25, 0.3) is 17.4 Å². The van der Waals surface area contributed by atoms with E-state index in [1.807, 2.05) is 6.07 Å². The molecule has 0 saturated carbocycles. The van der Waals surface area contributed by atoms with Gasteiger partial charge in [0, 0.05) is 24.7 Å². The summed E-state index contributed by atoms with van der Waals surface area (Å²) in [7, 11) is 0. The average Bonchev–Trinajstić information content (AvgIpc) is 3.21. The quantitative estimate of drug-likeness (QED) is 0.445. The fourth-order valence-electron chi connectivity index (χ4n) is 3.12. The van der Waals surface area contributed by atoms with Crippen LogP contribution in [0, 0.1) is 11.3 Å². The molecule has 0 bridgehead atoms. The van der Waals surface area contributed by atoms with Crippen molar-refractivity contribution in [1.82, 2.24) is 4.90 Å². The summed E-state index contributed by atoms with van der Waals surface area (Å²) in [6, 6.07) is 12.4. The number of carbonyl (C=O) groups excluding carboxylic acids is 2. The van der Waals surface area contributed by atoms with Crippen LogP contribution in [0.2, 0.25) is 0 Å². The van der Waals surface area contributed by atoms with E-state index in [4.69, 9.17) is 9.15 Å². The van der Waals surface area contributed by atoms with E-state index < -0.39 is 0 Å². The van der Waals surface area contributed by atoms with Crippen molar-refractivity contribution in [3.05, 3.63) is 53.3 Å². The van der Waals surface area contributed by atoms with E-state index in [9.17, 15) is 14.9 Å². The Morgan fingerprint density at radius 1 is 1.14 bits per heavy atom. The molecule has 144 valence electrons. The molecule has 1 aliphatic rings. The van der Waals surface area contributed by atoms with Gasteiger partial charge in [0.25, 0.3) is 5.91 Å². The van der Waals surface area contributed by atoms with E-state index in [-0.39, 0.29) is 17.4 Å². The van der Waals surface area contributed by atoms with Gasteiger partial charge in [-0.1, -0.05) is 12.1 Å². The standard InChI is InChI=1S/C22H22N2O4/c1-2-27-22(26)17-8-6-16(7-9-17)20-11-10-19(28-20)14-18(15-23)21(25)24-12-4-3-5-13-24/h6-11,14H,2-5,12-13H2,1H3/b18-14+. The molecule has 0 radical (unpaired) electrons. The Morgan fingerprint density at radius 3 is 2.50 bits per heavy atom. The van der Waals surface area contributed by atoms with Gasteiger partial charge in [0.1, 0.15) is 23.2 Å². The lowest BCUT2D eigenvalue weighted by Gasteiger charge is -2.26. The van der Waals surface area contributed by atoms with Crippen molar-refractivity contribution in [2.24, 2.45) is 0 Å². The van der Waals surface area contributed by atoms with Crippen LogP contribution >= 0.6 is 0 Å². The van der Waals surface area contributed by atoms with Crippen LogP contribution in [-0.2, 0) is 9.53 Å². The number of hydrogen-bond donors (Lipinski definition) is 0. The molecule has 6 heteroatoms. The van der Waals surface area contributed by atoms with Gasteiger partial charge in [-0.15, -0.1) is 0 Å². The maximum Gasteiger partial charge on any atom is 0.338 e. The minimum atomic E-state index is -0.369. The number of esters is 1. The Balaban J connectivity index is 1.75. The monoisotopic (exact) mass is 378 g/mol. The Kier molecular flexibility index (Phi) is 6.28. The molecule has 2 heterocycles. The second-order valence-corrected chi connectivity index (χ2v) is 6.52. The van der Waals surface area contributed by atoms with Gasteiger partial charge in [-0.3, -0.25) is 4.79 Å². The molecule has 0 N–H and O–H groups in total. The predicted octanol–water partition coefficient (Wildman–Crippen LogP) is 4.04. The molecule has 6 nitrogen and oxygen atoms in total. The molecule has 0 unspecified atom stereocenters. The van der Waals surface area contributed by atoms with Crippen LogP contribution in [0.4, 0.5) is 0 Å². The Labute approximate surface area is 164 Å². The van der Waals surface area contributed by atoms with Crippen molar-refractivity contribution in [2.75, 3.05) is 19.7 Å². The van der Waals surface area contributed by atoms with Gasteiger partial charge < -0.3 is 14.1 Å². The van der Waals surface area contributed by atoms with Gasteiger partial charge >= 0.3 is 5.97 Å². The smallest absolute Gasteiger partial charge is 0.338 e. The number of ether oxygens (including phenoxy) is 1. The Morgan fingerprint density at radius 2 is 1.86 bits per heavy atom. The molecule has 1 aromatic heterocycles. The van der Waals surface area contributed by atoms with Crippen LogP contribution in [0.5, 0.6) is 0 Å². The predicted molar refractivity (Wildman–Crippen MR) is 104 cm³/mol. The number of nitrogens with zero attached hydrogens (tertiary/aromatic N) is 2. The SMILES string of the molecule is CCOC(=O)c1ccc(-c2ccc(/C=C(\C#N)C(=O)N3CCCCC3)o2)cc1. The third kappa shape index (κ3) is 4.49. The first-order chi connectivity index (χ1) is 13.6. The number of carbonyl (C=O) groups is 2. The number of nitriles is 1. The number of piperidine rings is 1. The largest absolute Gasteiger partial charge is 0.462 e. The highest BCUT2D eigenvalue weighted by Crippen LogP contribution is 2.24. The first kappa shape index (κ1) is 19.4.